The number of aromatic nitrogens is 2. The number of aromatic amines is 1. The van der Waals surface area contributed by atoms with Gasteiger partial charge in [0, 0.05) is 21.5 Å². The Hall–Kier alpha value is -2.70. The first-order valence-corrected chi connectivity index (χ1v) is 8.41. The second kappa shape index (κ2) is 6.07. The molecule has 0 aliphatic heterocycles. The van der Waals surface area contributed by atoms with Crippen LogP contribution in [0, 0.1) is 0 Å². The molecule has 24 heavy (non-hydrogen) atoms. The second-order valence-corrected chi connectivity index (χ2v) is 6.67. The van der Waals surface area contributed by atoms with E-state index in [9.17, 15) is 9.90 Å². The first-order valence-electron chi connectivity index (χ1n) is 7.59. The molecule has 0 aliphatic rings. The predicted molar refractivity (Wildman–Crippen MR) is 95.2 cm³/mol. The SMILES string of the molecule is O=C(NCC(O)c1cc2ccccc2s1)c1cccc2cn[nH]c12. The number of carbonyl (C=O) groups is 1. The summed E-state index contributed by atoms with van der Waals surface area (Å²) in [6.45, 7) is 0.163. The number of H-pyrrole nitrogens is 1. The number of amides is 1. The van der Waals surface area contributed by atoms with Gasteiger partial charge in [0.1, 0.15) is 6.10 Å². The minimum atomic E-state index is -0.729. The number of aliphatic hydroxyl groups excluding tert-OH is 1. The van der Waals surface area contributed by atoms with E-state index >= 15 is 0 Å². The highest BCUT2D eigenvalue weighted by molar-refractivity contribution is 7.19. The summed E-state index contributed by atoms with van der Waals surface area (Å²) in [5, 5.41) is 21.9. The number of rotatable bonds is 4. The van der Waals surface area contributed by atoms with E-state index in [4.69, 9.17) is 0 Å². The normalized spacial score (nSPS) is 12.5. The zero-order valence-electron chi connectivity index (χ0n) is 12.7. The van der Waals surface area contributed by atoms with E-state index in [1.54, 1.807) is 12.3 Å². The molecular weight excluding hydrogens is 322 g/mol. The number of nitrogens with one attached hydrogen (secondary N) is 2. The number of carbonyl (C=O) groups excluding carboxylic acids is 1. The van der Waals surface area contributed by atoms with Crippen LogP contribution in [0.15, 0.2) is 54.7 Å². The molecule has 0 fully saturated rings. The molecular formula is C18H15N3O2S. The average molecular weight is 337 g/mol. The third-order valence-electron chi connectivity index (χ3n) is 3.95. The molecule has 1 amide bonds. The van der Waals surface area contributed by atoms with Gasteiger partial charge in [-0.1, -0.05) is 30.3 Å². The first kappa shape index (κ1) is 14.9. The molecule has 4 aromatic rings. The van der Waals surface area contributed by atoms with Gasteiger partial charge in [0.2, 0.25) is 0 Å². The van der Waals surface area contributed by atoms with Gasteiger partial charge in [-0.2, -0.15) is 5.10 Å². The summed E-state index contributed by atoms with van der Waals surface area (Å²) < 4.78 is 1.13. The van der Waals surface area contributed by atoms with Crippen LogP contribution in [0.3, 0.4) is 0 Å². The van der Waals surface area contributed by atoms with Crippen LogP contribution in [0.1, 0.15) is 21.3 Å². The number of thiophene rings is 1. The van der Waals surface area contributed by atoms with Crippen LogP contribution < -0.4 is 5.32 Å². The lowest BCUT2D eigenvalue weighted by Gasteiger charge is -2.10. The molecule has 5 nitrogen and oxygen atoms in total. The van der Waals surface area contributed by atoms with Crippen LogP contribution in [0.25, 0.3) is 21.0 Å². The zero-order valence-corrected chi connectivity index (χ0v) is 13.5. The van der Waals surface area contributed by atoms with Crippen molar-refractivity contribution in [1.29, 1.82) is 0 Å². The molecule has 2 aromatic carbocycles. The van der Waals surface area contributed by atoms with Crippen molar-refractivity contribution in [2.24, 2.45) is 0 Å². The highest BCUT2D eigenvalue weighted by Gasteiger charge is 2.15. The number of hydrogen-bond donors (Lipinski definition) is 3. The van der Waals surface area contributed by atoms with Crippen LogP contribution in [0.2, 0.25) is 0 Å². The van der Waals surface area contributed by atoms with Crippen molar-refractivity contribution in [3.63, 3.8) is 0 Å². The number of benzene rings is 2. The standard InChI is InChI=1S/C18H15N3O2S/c22-14(16-8-11-4-1-2-7-15(11)24-16)10-19-18(23)13-6-3-5-12-9-20-21-17(12)13/h1-9,14,22H,10H2,(H,19,23)(H,20,21). The summed E-state index contributed by atoms with van der Waals surface area (Å²) >= 11 is 1.54. The van der Waals surface area contributed by atoms with E-state index in [-0.39, 0.29) is 12.5 Å². The minimum absolute atomic E-state index is 0.163. The number of hydrogen-bond acceptors (Lipinski definition) is 4. The number of nitrogens with zero attached hydrogens (tertiary/aromatic N) is 1. The summed E-state index contributed by atoms with van der Waals surface area (Å²) in [7, 11) is 0. The van der Waals surface area contributed by atoms with E-state index in [0.29, 0.717) is 11.1 Å². The van der Waals surface area contributed by atoms with Crippen LogP contribution in [-0.2, 0) is 0 Å². The van der Waals surface area contributed by atoms with Crippen molar-refractivity contribution in [3.8, 4) is 0 Å². The maximum Gasteiger partial charge on any atom is 0.253 e. The fourth-order valence-electron chi connectivity index (χ4n) is 2.71. The molecule has 2 aromatic heterocycles. The largest absolute Gasteiger partial charge is 0.386 e. The van der Waals surface area contributed by atoms with Gasteiger partial charge in [-0.3, -0.25) is 9.89 Å². The molecule has 2 heterocycles. The lowest BCUT2D eigenvalue weighted by atomic mass is 10.1. The molecule has 3 N–H and O–H groups in total. The van der Waals surface area contributed by atoms with Crippen molar-refractivity contribution in [2.75, 3.05) is 6.54 Å². The van der Waals surface area contributed by atoms with Gasteiger partial charge < -0.3 is 10.4 Å². The smallest absolute Gasteiger partial charge is 0.253 e. The van der Waals surface area contributed by atoms with Crippen LogP contribution in [0.5, 0.6) is 0 Å². The molecule has 0 saturated heterocycles. The fraction of sp³-hybridized carbons (Fsp3) is 0.111. The Kier molecular flexibility index (Phi) is 3.76. The molecule has 0 spiro atoms. The molecule has 4 rings (SSSR count). The lowest BCUT2D eigenvalue weighted by molar-refractivity contribution is 0.0919. The van der Waals surface area contributed by atoms with Crippen molar-refractivity contribution in [2.45, 2.75) is 6.10 Å². The van der Waals surface area contributed by atoms with Gasteiger partial charge in [0.15, 0.2) is 0 Å². The second-order valence-electron chi connectivity index (χ2n) is 5.55. The van der Waals surface area contributed by atoms with Gasteiger partial charge in [-0.05, 0) is 23.6 Å². The summed E-state index contributed by atoms with van der Waals surface area (Å²) in [5.74, 6) is -0.231. The highest BCUT2D eigenvalue weighted by Crippen LogP contribution is 2.29. The minimum Gasteiger partial charge on any atom is -0.386 e. The Morgan fingerprint density at radius 2 is 2.04 bits per heavy atom. The van der Waals surface area contributed by atoms with Crippen LogP contribution in [0.4, 0.5) is 0 Å². The van der Waals surface area contributed by atoms with E-state index in [1.807, 2.05) is 42.5 Å². The fourth-order valence-corrected chi connectivity index (χ4v) is 3.76. The quantitative estimate of drug-likeness (QED) is 0.535. The van der Waals surface area contributed by atoms with Crippen molar-refractivity contribution in [1.82, 2.24) is 15.5 Å². The average Bonchev–Trinajstić information content (AvgIpc) is 3.25. The van der Waals surface area contributed by atoms with Crippen molar-refractivity contribution >= 4 is 38.2 Å². The predicted octanol–water partition coefficient (Wildman–Crippen LogP) is 3.24. The third-order valence-corrected chi connectivity index (χ3v) is 5.17. The van der Waals surface area contributed by atoms with E-state index in [2.05, 4.69) is 15.5 Å². The van der Waals surface area contributed by atoms with Gasteiger partial charge in [0.05, 0.1) is 17.3 Å². The molecule has 1 atom stereocenters. The lowest BCUT2D eigenvalue weighted by Crippen LogP contribution is -2.28. The van der Waals surface area contributed by atoms with E-state index < -0.39 is 6.10 Å². The van der Waals surface area contributed by atoms with Crippen LogP contribution >= 0.6 is 11.3 Å². The van der Waals surface area contributed by atoms with Gasteiger partial charge in [-0.15, -0.1) is 11.3 Å². The molecule has 0 radical (unpaired) electrons. The molecule has 1 unspecified atom stereocenters. The first-order chi connectivity index (χ1) is 11.7. The Bertz CT molecular complexity index is 988. The molecule has 120 valence electrons. The Labute approximate surface area is 141 Å². The van der Waals surface area contributed by atoms with Gasteiger partial charge in [-0.25, -0.2) is 0 Å². The summed E-state index contributed by atoms with van der Waals surface area (Å²) in [6.07, 6.45) is 0.949. The maximum absolute atomic E-state index is 12.4. The molecule has 0 aliphatic carbocycles. The van der Waals surface area contributed by atoms with Crippen molar-refractivity contribution in [3.05, 3.63) is 65.2 Å². The number of aliphatic hydroxyl groups is 1. The van der Waals surface area contributed by atoms with Crippen molar-refractivity contribution < 1.29 is 9.90 Å². The van der Waals surface area contributed by atoms with Crippen LogP contribution in [-0.4, -0.2) is 27.8 Å². The topological polar surface area (TPSA) is 78.0 Å². The maximum atomic E-state index is 12.4. The van der Waals surface area contributed by atoms with E-state index in [1.165, 1.54) is 11.3 Å². The van der Waals surface area contributed by atoms with Gasteiger partial charge in [0.25, 0.3) is 5.91 Å². The molecule has 0 saturated carbocycles. The van der Waals surface area contributed by atoms with Gasteiger partial charge >= 0.3 is 0 Å². The van der Waals surface area contributed by atoms with E-state index in [0.717, 1.165) is 20.3 Å². The molecule has 6 heteroatoms. The Balaban J connectivity index is 1.49. The monoisotopic (exact) mass is 337 g/mol. The number of fused-ring (bicyclic) bond motifs is 2. The summed E-state index contributed by atoms with van der Waals surface area (Å²) in [4.78, 5) is 13.2. The zero-order chi connectivity index (χ0) is 16.5. The third kappa shape index (κ3) is 2.66. The Morgan fingerprint density at radius 1 is 1.21 bits per heavy atom. The number of para-hydroxylation sites is 1. The Morgan fingerprint density at radius 3 is 2.92 bits per heavy atom. The molecule has 0 bridgehead atoms. The summed E-state index contributed by atoms with van der Waals surface area (Å²) in [5.41, 5.74) is 1.22. The summed E-state index contributed by atoms with van der Waals surface area (Å²) in [6, 6.07) is 15.4. The highest BCUT2D eigenvalue weighted by atomic mass is 32.1.